The Kier molecular flexibility index (Phi) is 3.56. The van der Waals surface area contributed by atoms with Crippen molar-refractivity contribution in [3.63, 3.8) is 0 Å². The standard InChI is InChI=1S/C16H19N3/c1-2-7-17-9-12-10-18-16(19-11-12)15-8-13-5-3-4-6-14(13)15/h3-6,10-11,15,17H,2,7-9H2,1H3. The van der Waals surface area contributed by atoms with Crippen LogP contribution in [-0.4, -0.2) is 16.5 Å². The van der Waals surface area contributed by atoms with Gasteiger partial charge in [0.15, 0.2) is 0 Å². The first-order valence-electron chi connectivity index (χ1n) is 6.98. The molecule has 0 radical (unpaired) electrons. The number of nitrogens with zero attached hydrogens (tertiary/aromatic N) is 2. The van der Waals surface area contributed by atoms with Gasteiger partial charge in [0, 0.05) is 30.4 Å². The maximum absolute atomic E-state index is 4.53. The minimum atomic E-state index is 0.397. The Balaban J connectivity index is 1.68. The normalized spacial score (nSPS) is 16.8. The van der Waals surface area contributed by atoms with Gasteiger partial charge in [-0.1, -0.05) is 31.2 Å². The quantitative estimate of drug-likeness (QED) is 0.832. The van der Waals surface area contributed by atoms with Crippen LogP contribution in [0.25, 0.3) is 0 Å². The van der Waals surface area contributed by atoms with E-state index in [1.807, 2.05) is 12.4 Å². The number of aromatic nitrogens is 2. The molecule has 1 aromatic heterocycles. The second-order valence-corrected chi connectivity index (χ2v) is 5.08. The average Bonchev–Trinajstić information content (AvgIpc) is 2.42. The number of nitrogens with one attached hydrogen (secondary N) is 1. The van der Waals surface area contributed by atoms with E-state index in [0.29, 0.717) is 5.92 Å². The molecule has 0 amide bonds. The monoisotopic (exact) mass is 253 g/mol. The first-order valence-corrected chi connectivity index (χ1v) is 6.98. The smallest absolute Gasteiger partial charge is 0.136 e. The molecule has 1 aliphatic rings. The van der Waals surface area contributed by atoms with Crippen LogP contribution in [-0.2, 0) is 13.0 Å². The number of rotatable bonds is 5. The fourth-order valence-electron chi connectivity index (χ4n) is 2.53. The minimum absolute atomic E-state index is 0.397. The molecule has 19 heavy (non-hydrogen) atoms. The highest BCUT2D eigenvalue weighted by Gasteiger charge is 2.28. The highest BCUT2D eigenvalue weighted by molar-refractivity contribution is 5.43. The molecule has 3 heteroatoms. The zero-order chi connectivity index (χ0) is 13.1. The molecular formula is C16H19N3. The highest BCUT2D eigenvalue weighted by atomic mass is 14.9. The van der Waals surface area contributed by atoms with Gasteiger partial charge in [0.2, 0.25) is 0 Å². The summed E-state index contributed by atoms with van der Waals surface area (Å²) in [5.41, 5.74) is 3.98. The van der Waals surface area contributed by atoms with E-state index in [1.54, 1.807) is 0 Å². The van der Waals surface area contributed by atoms with E-state index in [-0.39, 0.29) is 0 Å². The van der Waals surface area contributed by atoms with Crippen molar-refractivity contribution in [2.45, 2.75) is 32.2 Å². The molecule has 1 aromatic carbocycles. The third-order valence-electron chi connectivity index (χ3n) is 3.65. The van der Waals surface area contributed by atoms with E-state index in [1.165, 1.54) is 11.1 Å². The van der Waals surface area contributed by atoms with Crippen molar-refractivity contribution < 1.29 is 0 Å². The number of benzene rings is 1. The van der Waals surface area contributed by atoms with Gasteiger partial charge < -0.3 is 5.32 Å². The van der Waals surface area contributed by atoms with Crippen molar-refractivity contribution in [1.29, 1.82) is 0 Å². The number of hydrogen-bond acceptors (Lipinski definition) is 3. The van der Waals surface area contributed by atoms with Crippen LogP contribution in [0.2, 0.25) is 0 Å². The van der Waals surface area contributed by atoms with Gasteiger partial charge in [0.1, 0.15) is 5.82 Å². The molecule has 0 spiro atoms. The Labute approximate surface area is 114 Å². The second kappa shape index (κ2) is 5.49. The molecular weight excluding hydrogens is 234 g/mol. The van der Waals surface area contributed by atoms with Crippen molar-refractivity contribution in [3.05, 3.63) is 59.2 Å². The van der Waals surface area contributed by atoms with Gasteiger partial charge in [-0.05, 0) is 30.5 Å². The predicted molar refractivity (Wildman–Crippen MR) is 76.0 cm³/mol. The largest absolute Gasteiger partial charge is 0.313 e. The van der Waals surface area contributed by atoms with Gasteiger partial charge in [0.25, 0.3) is 0 Å². The van der Waals surface area contributed by atoms with Gasteiger partial charge in [-0.25, -0.2) is 9.97 Å². The summed E-state index contributed by atoms with van der Waals surface area (Å²) in [6, 6.07) is 8.56. The highest BCUT2D eigenvalue weighted by Crippen LogP contribution is 2.37. The molecule has 0 fully saturated rings. The van der Waals surface area contributed by atoms with Crippen LogP contribution in [0.1, 0.15) is 41.8 Å². The van der Waals surface area contributed by atoms with E-state index < -0.39 is 0 Å². The molecule has 98 valence electrons. The molecule has 1 unspecified atom stereocenters. The summed E-state index contributed by atoms with van der Waals surface area (Å²) in [6.07, 6.45) is 6.12. The van der Waals surface area contributed by atoms with Gasteiger partial charge in [0.05, 0.1) is 0 Å². The summed E-state index contributed by atoms with van der Waals surface area (Å²) in [4.78, 5) is 9.05. The molecule has 1 N–H and O–H groups in total. The Hall–Kier alpha value is -1.74. The lowest BCUT2D eigenvalue weighted by atomic mass is 9.77. The maximum Gasteiger partial charge on any atom is 0.136 e. The molecule has 0 saturated heterocycles. The van der Waals surface area contributed by atoms with Gasteiger partial charge in [-0.3, -0.25) is 0 Å². The van der Waals surface area contributed by atoms with Crippen LogP contribution in [0.15, 0.2) is 36.7 Å². The third-order valence-corrected chi connectivity index (χ3v) is 3.65. The molecule has 1 heterocycles. The van der Waals surface area contributed by atoms with Crippen LogP contribution in [0, 0.1) is 0 Å². The van der Waals surface area contributed by atoms with Crippen LogP contribution in [0.3, 0.4) is 0 Å². The van der Waals surface area contributed by atoms with Crippen molar-refractivity contribution in [2.75, 3.05) is 6.54 Å². The summed E-state index contributed by atoms with van der Waals surface area (Å²) in [7, 11) is 0. The first kappa shape index (κ1) is 12.3. The molecule has 0 saturated carbocycles. The molecule has 0 bridgehead atoms. The molecule has 3 rings (SSSR count). The first-order chi connectivity index (χ1) is 9.38. The average molecular weight is 253 g/mol. The zero-order valence-electron chi connectivity index (χ0n) is 11.3. The Morgan fingerprint density at radius 3 is 2.74 bits per heavy atom. The lowest BCUT2D eigenvalue weighted by Gasteiger charge is -2.28. The summed E-state index contributed by atoms with van der Waals surface area (Å²) >= 11 is 0. The molecule has 1 aliphatic carbocycles. The summed E-state index contributed by atoms with van der Waals surface area (Å²) in [5.74, 6) is 1.35. The number of hydrogen-bond donors (Lipinski definition) is 1. The van der Waals surface area contributed by atoms with Crippen LogP contribution in [0.4, 0.5) is 0 Å². The van der Waals surface area contributed by atoms with Crippen molar-refractivity contribution in [2.24, 2.45) is 0 Å². The molecule has 0 aliphatic heterocycles. The fraction of sp³-hybridized carbons (Fsp3) is 0.375. The Morgan fingerprint density at radius 1 is 1.21 bits per heavy atom. The van der Waals surface area contributed by atoms with Crippen molar-refractivity contribution in [3.8, 4) is 0 Å². The van der Waals surface area contributed by atoms with Gasteiger partial charge >= 0.3 is 0 Å². The van der Waals surface area contributed by atoms with E-state index >= 15 is 0 Å². The van der Waals surface area contributed by atoms with Crippen LogP contribution in [0.5, 0.6) is 0 Å². The van der Waals surface area contributed by atoms with Gasteiger partial charge in [-0.15, -0.1) is 0 Å². The second-order valence-electron chi connectivity index (χ2n) is 5.08. The molecule has 2 aromatic rings. The SMILES string of the molecule is CCCNCc1cnc(C2Cc3ccccc32)nc1. The topological polar surface area (TPSA) is 37.8 Å². The predicted octanol–water partition coefficient (Wildman–Crippen LogP) is 2.66. The van der Waals surface area contributed by atoms with Crippen LogP contribution >= 0.6 is 0 Å². The maximum atomic E-state index is 4.53. The molecule has 1 atom stereocenters. The van der Waals surface area contributed by atoms with E-state index in [0.717, 1.165) is 37.3 Å². The van der Waals surface area contributed by atoms with Crippen molar-refractivity contribution in [1.82, 2.24) is 15.3 Å². The summed E-state index contributed by atoms with van der Waals surface area (Å²) in [5, 5.41) is 3.36. The Bertz CT molecular complexity index is 548. The lowest BCUT2D eigenvalue weighted by molar-refractivity contribution is 0.645. The van der Waals surface area contributed by atoms with Crippen LogP contribution < -0.4 is 5.32 Å². The van der Waals surface area contributed by atoms with E-state index in [2.05, 4.69) is 46.5 Å². The Morgan fingerprint density at radius 2 is 2.00 bits per heavy atom. The van der Waals surface area contributed by atoms with Gasteiger partial charge in [-0.2, -0.15) is 0 Å². The van der Waals surface area contributed by atoms with Crippen molar-refractivity contribution >= 4 is 0 Å². The fourth-order valence-corrected chi connectivity index (χ4v) is 2.53. The summed E-state index contributed by atoms with van der Waals surface area (Å²) in [6.45, 7) is 4.06. The van der Waals surface area contributed by atoms with E-state index in [4.69, 9.17) is 0 Å². The minimum Gasteiger partial charge on any atom is -0.313 e. The number of fused-ring (bicyclic) bond motifs is 1. The van der Waals surface area contributed by atoms with E-state index in [9.17, 15) is 0 Å². The summed E-state index contributed by atoms with van der Waals surface area (Å²) < 4.78 is 0. The molecule has 3 nitrogen and oxygen atoms in total. The lowest BCUT2D eigenvalue weighted by Crippen LogP contribution is -2.21. The third kappa shape index (κ3) is 2.51. The zero-order valence-corrected chi connectivity index (χ0v) is 11.3.